The van der Waals surface area contributed by atoms with Crippen LogP contribution in [0.4, 0.5) is 0 Å². The fraction of sp³-hybridized carbons (Fsp3) is 0.600. The van der Waals surface area contributed by atoms with Crippen molar-refractivity contribution in [1.82, 2.24) is 16.2 Å². The third kappa shape index (κ3) is 4.68. The van der Waals surface area contributed by atoms with E-state index in [-0.39, 0.29) is 11.4 Å². The van der Waals surface area contributed by atoms with Gasteiger partial charge in [-0.3, -0.25) is 15.6 Å². The number of hydrogen-bond donors (Lipinski definition) is 3. The largest absolute Gasteiger partial charge is 0.357 e. The zero-order valence-corrected chi connectivity index (χ0v) is 14.6. The SMILES string of the molecule is C[C@H]1CCc2sc(C(=O)NNC(=S)NC(C)(C)C)cc2C1. The van der Waals surface area contributed by atoms with Gasteiger partial charge in [0.2, 0.25) is 0 Å². The van der Waals surface area contributed by atoms with E-state index in [4.69, 9.17) is 12.2 Å². The predicted molar refractivity (Wildman–Crippen MR) is 91.6 cm³/mol. The van der Waals surface area contributed by atoms with E-state index in [0.29, 0.717) is 11.0 Å². The van der Waals surface area contributed by atoms with Gasteiger partial charge in [-0.1, -0.05) is 6.92 Å². The fourth-order valence-corrected chi connectivity index (χ4v) is 3.83. The number of rotatable bonds is 1. The van der Waals surface area contributed by atoms with Crippen LogP contribution in [0.1, 0.15) is 54.2 Å². The molecular weight excluding hydrogens is 302 g/mol. The van der Waals surface area contributed by atoms with E-state index in [1.54, 1.807) is 11.3 Å². The second-order valence-electron chi connectivity index (χ2n) is 6.69. The zero-order chi connectivity index (χ0) is 15.6. The van der Waals surface area contributed by atoms with Crippen LogP contribution in [0.5, 0.6) is 0 Å². The summed E-state index contributed by atoms with van der Waals surface area (Å²) in [6.07, 6.45) is 3.38. The summed E-state index contributed by atoms with van der Waals surface area (Å²) in [4.78, 5) is 14.3. The van der Waals surface area contributed by atoms with Crippen LogP contribution in [0.15, 0.2) is 6.07 Å². The standard InChI is InChI=1S/C15H23N3OS2/c1-9-5-6-11-10(7-9)8-12(21-11)13(19)17-18-14(20)16-15(2,3)4/h8-9H,5-7H2,1-4H3,(H,17,19)(H2,16,18,20)/t9-/m0/s1. The van der Waals surface area contributed by atoms with Gasteiger partial charge in [0.1, 0.15) is 0 Å². The highest BCUT2D eigenvalue weighted by molar-refractivity contribution is 7.80. The molecule has 0 aromatic carbocycles. The van der Waals surface area contributed by atoms with Crippen LogP contribution in [0.2, 0.25) is 0 Å². The average Bonchev–Trinajstić information content (AvgIpc) is 2.76. The topological polar surface area (TPSA) is 53.2 Å². The number of fused-ring (bicyclic) bond motifs is 1. The van der Waals surface area contributed by atoms with Gasteiger partial charge in [0, 0.05) is 10.4 Å². The molecule has 0 aliphatic heterocycles. The van der Waals surface area contributed by atoms with E-state index in [2.05, 4.69) is 23.1 Å². The van der Waals surface area contributed by atoms with Crippen molar-refractivity contribution >= 4 is 34.6 Å². The molecule has 1 heterocycles. The summed E-state index contributed by atoms with van der Waals surface area (Å²) in [5.74, 6) is 0.588. The van der Waals surface area contributed by atoms with Gasteiger partial charge in [-0.15, -0.1) is 11.3 Å². The molecule has 3 N–H and O–H groups in total. The molecule has 0 unspecified atom stereocenters. The first-order valence-electron chi connectivity index (χ1n) is 7.24. The normalized spacial score (nSPS) is 17.8. The smallest absolute Gasteiger partial charge is 0.279 e. The summed E-state index contributed by atoms with van der Waals surface area (Å²) in [6.45, 7) is 8.30. The second kappa shape index (κ2) is 6.32. The zero-order valence-electron chi connectivity index (χ0n) is 13.0. The Balaban J connectivity index is 1.91. The number of carbonyl (C=O) groups is 1. The minimum atomic E-state index is -0.132. The molecule has 21 heavy (non-hydrogen) atoms. The van der Waals surface area contributed by atoms with Crippen molar-refractivity contribution in [2.45, 2.75) is 52.5 Å². The minimum absolute atomic E-state index is 0.125. The van der Waals surface area contributed by atoms with E-state index in [1.807, 2.05) is 26.8 Å². The molecule has 1 amide bonds. The van der Waals surface area contributed by atoms with Crippen molar-refractivity contribution in [1.29, 1.82) is 0 Å². The van der Waals surface area contributed by atoms with Gasteiger partial charge < -0.3 is 5.32 Å². The lowest BCUT2D eigenvalue weighted by Gasteiger charge is -2.22. The number of amides is 1. The Morgan fingerprint density at radius 3 is 2.76 bits per heavy atom. The third-order valence-corrected chi connectivity index (χ3v) is 4.77. The van der Waals surface area contributed by atoms with E-state index >= 15 is 0 Å². The lowest BCUT2D eigenvalue weighted by molar-refractivity contribution is 0.0947. The Labute approximate surface area is 135 Å². The Morgan fingerprint density at radius 2 is 2.10 bits per heavy atom. The number of thiophene rings is 1. The van der Waals surface area contributed by atoms with Crippen molar-refractivity contribution in [3.8, 4) is 0 Å². The summed E-state index contributed by atoms with van der Waals surface area (Å²) < 4.78 is 0. The Bertz CT molecular complexity index is 546. The molecule has 0 saturated heterocycles. The lowest BCUT2D eigenvalue weighted by Crippen LogP contribution is -2.52. The van der Waals surface area contributed by atoms with Gasteiger partial charge in [-0.05, 0) is 69.8 Å². The Morgan fingerprint density at radius 1 is 1.38 bits per heavy atom. The molecule has 4 nitrogen and oxygen atoms in total. The lowest BCUT2D eigenvalue weighted by atomic mass is 9.90. The van der Waals surface area contributed by atoms with Gasteiger partial charge in [0.15, 0.2) is 5.11 Å². The molecule has 1 aromatic heterocycles. The Hall–Kier alpha value is -1.14. The number of aryl methyl sites for hydroxylation is 1. The molecule has 6 heteroatoms. The van der Waals surface area contributed by atoms with Gasteiger partial charge in [0.05, 0.1) is 4.88 Å². The van der Waals surface area contributed by atoms with Crippen molar-refractivity contribution in [2.75, 3.05) is 0 Å². The minimum Gasteiger partial charge on any atom is -0.357 e. The highest BCUT2D eigenvalue weighted by Gasteiger charge is 2.20. The first-order valence-corrected chi connectivity index (χ1v) is 8.47. The molecule has 0 bridgehead atoms. The van der Waals surface area contributed by atoms with Crippen LogP contribution < -0.4 is 16.2 Å². The highest BCUT2D eigenvalue weighted by atomic mass is 32.1. The van der Waals surface area contributed by atoms with E-state index in [0.717, 1.165) is 17.7 Å². The first kappa shape index (κ1) is 16.2. The molecule has 1 aliphatic rings. The summed E-state index contributed by atoms with van der Waals surface area (Å²) in [5.41, 5.74) is 6.61. The monoisotopic (exact) mass is 325 g/mol. The molecule has 0 spiro atoms. The molecule has 2 rings (SSSR count). The van der Waals surface area contributed by atoms with Crippen LogP contribution in [0, 0.1) is 5.92 Å². The highest BCUT2D eigenvalue weighted by Crippen LogP contribution is 2.32. The number of hydrazine groups is 1. The number of carbonyl (C=O) groups excluding carboxylic acids is 1. The molecular formula is C15H23N3OS2. The average molecular weight is 326 g/mol. The van der Waals surface area contributed by atoms with Crippen LogP contribution >= 0.6 is 23.6 Å². The number of hydrogen-bond acceptors (Lipinski definition) is 3. The van der Waals surface area contributed by atoms with E-state index in [1.165, 1.54) is 16.9 Å². The molecule has 0 radical (unpaired) electrons. The molecule has 0 saturated carbocycles. The molecule has 0 fully saturated rings. The summed E-state index contributed by atoms with van der Waals surface area (Å²) in [5, 5.41) is 3.51. The van der Waals surface area contributed by atoms with Gasteiger partial charge in [-0.2, -0.15) is 0 Å². The summed E-state index contributed by atoms with van der Waals surface area (Å²) in [6, 6.07) is 2.02. The van der Waals surface area contributed by atoms with E-state index in [9.17, 15) is 4.79 Å². The van der Waals surface area contributed by atoms with Crippen LogP contribution in [0.3, 0.4) is 0 Å². The van der Waals surface area contributed by atoms with Crippen molar-refractivity contribution in [3.63, 3.8) is 0 Å². The second-order valence-corrected chi connectivity index (χ2v) is 8.24. The Kier molecular flexibility index (Phi) is 4.88. The van der Waals surface area contributed by atoms with Crippen molar-refractivity contribution in [2.24, 2.45) is 5.92 Å². The number of nitrogens with one attached hydrogen (secondary N) is 3. The first-order chi connectivity index (χ1) is 9.74. The quantitative estimate of drug-likeness (QED) is 0.549. The fourth-order valence-electron chi connectivity index (χ4n) is 2.36. The maximum absolute atomic E-state index is 12.2. The maximum atomic E-state index is 12.2. The van der Waals surface area contributed by atoms with Crippen LogP contribution in [-0.4, -0.2) is 16.6 Å². The van der Waals surface area contributed by atoms with Crippen LogP contribution in [-0.2, 0) is 12.8 Å². The van der Waals surface area contributed by atoms with Gasteiger partial charge >= 0.3 is 0 Å². The summed E-state index contributed by atoms with van der Waals surface area (Å²) >= 11 is 6.73. The van der Waals surface area contributed by atoms with Crippen LogP contribution in [0.25, 0.3) is 0 Å². The molecule has 1 aliphatic carbocycles. The predicted octanol–water partition coefficient (Wildman–Crippen LogP) is 2.78. The molecule has 116 valence electrons. The maximum Gasteiger partial charge on any atom is 0.279 e. The van der Waals surface area contributed by atoms with Crippen molar-refractivity contribution in [3.05, 3.63) is 21.4 Å². The summed E-state index contributed by atoms with van der Waals surface area (Å²) in [7, 11) is 0. The van der Waals surface area contributed by atoms with Crippen molar-refractivity contribution < 1.29 is 4.79 Å². The molecule has 1 aromatic rings. The van der Waals surface area contributed by atoms with Gasteiger partial charge in [-0.25, -0.2) is 0 Å². The number of thiocarbonyl (C=S) groups is 1. The van der Waals surface area contributed by atoms with E-state index < -0.39 is 0 Å². The van der Waals surface area contributed by atoms with Gasteiger partial charge in [0.25, 0.3) is 5.91 Å². The molecule has 1 atom stereocenters. The third-order valence-electron chi connectivity index (χ3n) is 3.33.